The van der Waals surface area contributed by atoms with Crippen molar-refractivity contribution in [2.24, 2.45) is 0 Å². The molecule has 37 heavy (non-hydrogen) atoms. The molecule has 4 atom stereocenters. The van der Waals surface area contributed by atoms with Crippen LogP contribution in [0.4, 0.5) is 5.69 Å². The number of para-hydroxylation sites is 1. The third-order valence-corrected chi connectivity index (χ3v) is 15.5. The summed E-state index contributed by atoms with van der Waals surface area (Å²) in [4.78, 5) is 38.2. The highest BCUT2D eigenvalue weighted by molar-refractivity contribution is 8.69. The zero-order valence-electron chi connectivity index (χ0n) is 22.0. The van der Waals surface area contributed by atoms with Crippen LogP contribution in [0.15, 0.2) is 44.9 Å². The quantitative estimate of drug-likeness (QED) is 0.183. The maximum Gasteiger partial charge on any atom is 0.330 e. The van der Waals surface area contributed by atoms with Crippen molar-refractivity contribution in [1.29, 1.82) is 0 Å². The molecule has 3 rings (SSSR count). The van der Waals surface area contributed by atoms with Crippen LogP contribution in [-0.2, 0) is 25.5 Å². The highest BCUT2D eigenvalue weighted by Crippen LogP contribution is 2.63. The van der Waals surface area contributed by atoms with E-state index in [0.29, 0.717) is 16.9 Å². The zero-order chi connectivity index (χ0) is 27.8. The van der Waals surface area contributed by atoms with Gasteiger partial charge in [-0.2, -0.15) is 0 Å². The Labute approximate surface area is 226 Å². The highest BCUT2D eigenvalue weighted by Gasteiger charge is 2.43. The second-order valence-corrected chi connectivity index (χ2v) is 23.3. The fourth-order valence-electron chi connectivity index (χ4n) is 3.57. The molecule has 1 aliphatic heterocycles. The van der Waals surface area contributed by atoms with Crippen LogP contribution in [0.2, 0.25) is 18.1 Å². The number of benzene rings is 1. The summed E-state index contributed by atoms with van der Waals surface area (Å²) in [5.41, 5.74) is -3.30. The molecule has 1 saturated heterocycles. The van der Waals surface area contributed by atoms with E-state index in [1.165, 1.54) is 28.2 Å². The van der Waals surface area contributed by atoms with Crippen molar-refractivity contribution >= 4 is 42.7 Å². The van der Waals surface area contributed by atoms with Crippen LogP contribution in [0, 0.1) is 17.0 Å². The third kappa shape index (κ3) is 7.28. The predicted molar refractivity (Wildman–Crippen MR) is 152 cm³/mol. The van der Waals surface area contributed by atoms with Crippen LogP contribution >= 0.6 is 16.8 Å². The molecule has 1 aliphatic rings. The van der Waals surface area contributed by atoms with Crippen molar-refractivity contribution in [3.05, 3.63) is 67.0 Å². The molecule has 0 spiro atoms. The van der Waals surface area contributed by atoms with Crippen LogP contribution in [0.3, 0.4) is 0 Å². The van der Waals surface area contributed by atoms with E-state index >= 15 is 0 Å². The number of hydrogen-bond acceptors (Lipinski definition) is 9. The molecule has 10 nitrogen and oxygen atoms in total. The minimum atomic E-state index is -2.64. The maximum absolute atomic E-state index is 12.5. The summed E-state index contributed by atoms with van der Waals surface area (Å²) < 4.78 is 20.5. The van der Waals surface area contributed by atoms with E-state index in [2.05, 4.69) is 38.8 Å². The van der Waals surface area contributed by atoms with E-state index in [-0.39, 0.29) is 17.3 Å². The molecule has 2 heterocycles. The minimum absolute atomic E-state index is 0.0179. The smallest absolute Gasteiger partial charge is 0.330 e. The van der Waals surface area contributed by atoms with Crippen molar-refractivity contribution in [3.63, 3.8) is 0 Å². The number of nitro groups is 1. The van der Waals surface area contributed by atoms with Gasteiger partial charge in [0.05, 0.1) is 22.5 Å². The molecular weight excluding hydrogens is 553 g/mol. The first-order valence-electron chi connectivity index (χ1n) is 11.8. The molecule has 14 heteroatoms. The van der Waals surface area contributed by atoms with Gasteiger partial charge in [0.2, 0.25) is 0 Å². The maximum atomic E-state index is 12.5. The number of hydrogen-bond donors (Lipinski definition) is 1. The second-order valence-electron chi connectivity index (χ2n) is 10.6. The first-order chi connectivity index (χ1) is 17.0. The summed E-state index contributed by atoms with van der Waals surface area (Å²) in [5.74, 6) is 0. The number of rotatable bonds is 9. The van der Waals surface area contributed by atoms with Gasteiger partial charge in [-0.25, -0.2) is 4.79 Å². The van der Waals surface area contributed by atoms with Crippen LogP contribution in [0.5, 0.6) is 0 Å². The van der Waals surface area contributed by atoms with Crippen molar-refractivity contribution < 1.29 is 18.6 Å². The largest absolute Gasteiger partial charge is 0.414 e. The van der Waals surface area contributed by atoms with Gasteiger partial charge >= 0.3 is 5.69 Å². The lowest BCUT2D eigenvalue weighted by atomic mass is 10.2. The zero-order valence-corrected chi connectivity index (χ0v) is 25.6. The number of H-pyrrole nitrogens is 1. The van der Waals surface area contributed by atoms with Crippen LogP contribution < -0.4 is 11.2 Å². The fraction of sp³-hybridized carbons (Fsp3) is 0.565. The van der Waals surface area contributed by atoms with E-state index < -0.39 is 48.4 Å². The number of aromatic amines is 1. The Hall–Kier alpha value is -1.60. The molecule has 1 N–H and O–H groups in total. The molecule has 0 bridgehead atoms. The number of aryl methyl sites for hydroxylation is 1. The Morgan fingerprint density at radius 1 is 1.32 bits per heavy atom. The van der Waals surface area contributed by atoms with Crippen molar-refractivity contribution in [2.75, 3.05) is 13.3 Å². The van der Waals surface area contributed by atoms with E-state index in [1.54, 1.807) is 31.8 Å². The summed E-state index contributed by atoms with van der Waals surface area (Å²) >= 11 is 7.00. The van der Waals surface area contributed by atoms with Gasteiger partial charge in [0, 0.05) is 24.2 Å². The first kappa shape index (κ1) is 29.9. The van der Waals surface area contributed by atoms with Crippen LogP contribution in [-0.4, -0.2) is 48.3 Å². The van der Waals surface area contributed by atoms with Gasteiger partial charge in [-0.1, -0.05) is 56.1 Å². The number of aromatic nitrogens is 2. The molecule has 204 valence electrons. The summed E-state index contributed by atoms with van der Waals surface area (Å²) in [6.45, 7) is 14.3. The molecule has 2 aromatic rings. The second kappa shape index (κ2) is 11.2. The number of ether oxygens (including phenoxy) is 1. The lowest BCUT2D eigenvalue weighted by molar-refractivity contribution is -0.387. The molecule has 1 aromatic heterocycles. The molecule has 0 radical (unpaired) electrons. The Morgan fingerprint density at radius 2 is 1.97 bits per heavy atom. The molecule has 0 saturated carbocycles. The molecule has 1 unspecified atom stereocenters. The third-order valence-electron chi connectivity index (χ3n) is 6.70. The summed E-state index contributed by atoms with van der Waals surface area (Å²) in [6, 6.07) is 6.43. The van der Waals surface area contributed by atoms with Gasteiger partial charge in [-0.3, -0.25) is 24.5 Å². The van der Waals surface area contributed by atoms with E-state index in [9.17, 15) is 19.7 Å². The molecule has 0 amide bonds. The van der Waals surface area contributed by atoms with Gasteiger partial charge in [0.25, 0.3) is 11.2 Å². The van der Waals surface area contributed by atoms with Crippen LogP contribution in [0.25, 0.3) is 0 Å². The number of nitrogens with one attached hydrogen (secondary N) is 1. The molecule has 1 aromatic carbocycles. The molecular formula is C23H34N3O7PS2Si. The van der Waals surface area contributed by atoms with Gasteiger partial charge in [-0.15, -0.1) is 0 Å². The summed E-state index contributed by atoms with van der Waals surface area (Å²) in [5, 5.41) is 11.5. The monoisotopic (exact) mass is 587 g/mol. The SMILES string of the molecule is Cc1cn([C@H]2C[C@H](OP(C)(=S)Sc3ccccc3[N+](=O)[O-])[C@@H](CO[Si](C)(C)C(C)(C)C)O2)c(=O)[nH]c1=O. The average Bonchev–Trinajstić information content (AvgIpc) is 3.15. The first-order valence-corrected chi connectivity index (χ1v) is 19.3. The summed E-state index contributed by atoms with van der Waals surface area (Å²) in [6.07, 6.45) is 0.0593. The van der Waals surface area contributed by atoms with Gasteiger partial charge in [0.1, 0.15) is 17.8 Å². The van der Waals surface area contributed by atoms with Crippen LogP contribution in [0.1, 0.15) is 39.0 Å². The number of nitro benzene ring substituents is 1. The topological polar surface area (TPSA) is 126 Å². The van der Waals surface area contributed by atoms with E-state index in [4.69, 9.17) is 25.5 Å². The van der Waals surface area contributed by atoms with E-state index in [0.717, 1.165) is 0 Å². The Bertz CT molecular complexity index is 1320. The van der Waals surface area contributed by atoms with Crippen molar-refractivity contribution in [1.82, 2.24) is 9.55 Å². The predicted octanol–water partition coefficient (Wildman–Crippen LogP) is 5.18. The number of nitrogens with zero attached hydrogens (tertiary/aromatic N) is 2. The lowest BCUT2D eigenvalue weighted by Gasteiger charge is -2.37. The lowest BCUT2D eigenvalue weighted by Crippen LogP contribution is -2.44. The Morgan fingerprint density at radius 3 is 2.59 bits per heavy atom. The standard InChI is InChI=1S/C23H34N3O7PS2Si/c1-15-13-25(22(28)24-21(15)27)20-12-17(18(32-20)14-31-37(6,7)23(2,3)4)33-34(5,35)36-19-11-9-8-10-16(19)26(29)30/h8-11,13,17-18,20H,12,14H2,1-7H3,(H,24,27,28)/t17-,18+,20+,34?/m0/s1. The van der Waals surface area contributed by atoms with Gasteiger partial charge < -0.3 is 13.7 Å². The van der Waals surface area contributed by atoms with Gasteiger partial charge in [0.15, 0.2) is 8.32 Å². The van der Waals surface area contributed by atoms with Crippen molar-refractivity contribution in [2.45, 2.75) is 75.6 Å². The normalized spacial score (nSPS) is 22.1. The minimum Gasteiger partial charge on any atom is -0.414 e. The van der Waals surface area contributed by atoms with Gasteiger partial charge in [-0.05, 0) is 37.8 Å². The highest BCUT2D eigenvalue weighted by atomic mass is 32.9. The fourth-order valence-corrected chi connectivity index (χ4v) is 9.12. The van der Waals surface area contributed by atoms with E-state index in [1.807, 2.05) is 0 Å². The molecule has 0 aliphatic carbocycles. The van der Waals surface area contributed by atoms with Crippen molar-refractivity contribution in [3.8, 4) is 0 Å². The Kier molecular flexibility index (Phi) is 9.11. The Balaban J connectivity index is 1.88. The summed E-state index contributed by atoms with van der Waals surface area (Å²) in [7, 11) is -2.12. The molecule has 1 fully saturated rings. The average molecular weight is 588 g/mol.